The van der Waals surface area contributed by atoms with Crippen LogP contribution in [0.3, 0.4) is 0 Å². The third kappa shape index (κ3) is 4.54. The summed E-state index contributed by atoms with van der Waals surface area (Å²) in [4.78, 5) is 0. The molecule has 3 nitrogen and oxygen atoms in total. The Kier molecular flexibility index (Phi) is 6.34. The predicted molar refractivity (Wildman–Crippen MR) is 70.9 cm³/mol. The Labute approximate surface area is 109 Å². The Morgan fingerprint density at radius 2 is 1.94 bits per heavy atom. The zero-order chi connectivity index (χ0) is 11.2. The van der Waals surface area contributed by atoms with E-state index in [9.17, 15) is 5.11 Å². The smallest absolute Gasteiger partial charge is 0.118 e. The van der Waals surface area contributed by atoms with E-state index >= 15 is 0 Å². The third-order valence-corrected chi connectivity index (χ3v) is 3.00. The summed E-state index contributed by atoms with van der Waals surface area (Å²) in [7, 11) is 0. The zero-order valence-electron chi connectivity index (χ0n) is 9.89. The quantitative estimate of drug-likeness (QED) is 0.868. The number of benzene rings is 1. The fraction of sp³-hybridized carbons (Fsp3) is 0.538. The van der Waals surface area contributed by atoms with Crippen LogP contribution in [-0.2, 0) is 11.2 Å². The van der Waals surface area contributed by atoms with Gasteiger partial charge in [-0.1, -0.05) is 18.2 Å². The number of ether oxygens (including phenoxy) is 1. The number of para-hydroxylation sites is 1. The molecule has 4 heteroatoms. The molecule has 0 spiro atoms. The first-order valence-electron chi connectivity index (χ1n) is 5.95. The summed E-state index contributed by atoms with van der Waals surface area (Å²) in [5.41, 5.74) is 0.969. The highest BCUT2D eigenvalue weighted by atomic mass is 35.5. The lowest BCUT2D eigenvalue weighted by Crippen LogP contribution is -2.32. The molecular weight excluding hydrogens is 238 g/mol. The molecule has 1 aliphatic rings. The number of phenols is 1. The Morgan fingerprint density at radius 1 is 1.24 bits per heavy atom. The van der Waals surface area contributed by atoms with Crippen molar-refractivity contribution in [3.8, 4) is 5.75 Å². The van der Waals surface area contributed by atoms with E-state index < -0.39 is 0 Å². The van der Waals surface area contributed by atoms with E-state index in [4.69, 9.17) is 4.74 Å². The summed E-state index contributed by atoms with van der Waals surface area (Å²) in [6.07, 6.45) is 3.38. The van der Waals surface area contributed by atoms with Gasteiger partial charge in [-0.2, -0.15) is 0 Å². The van der Waals surface area contributed by atoms with Crippen LogP contribution in [0.1, 0.15) is 18.4 Å². The van der Waals surface area contributed by atoms with Crippen LogP contribution >= 0.6 is 12.4 Å². The van der Waals surface area contributed by atoms with Crippen LogP contribution in [0, 0.1) is 0 Å². The average molecular weight is 258 g/mol. The minimum absolute atomic E-state index is 0. The van der Waals surface area contributed by atoms with E-state index in [-0.39, 0.29) is 12.4 Å². The summed E-state index contributed by atoms with van der Waals surface area (Å²) >= 11 is 0. The second-order valence-electron chi connectivity index (χ2n) is 4.20. The molecule has 96 valence electrons. The Morgan fingerprint density at radius 3 is 2.65 bits per heavy atom. The number of rotatable bonds is 4. The average Bonchev–Trinajstić information content (AvgIpc) is 2.33. The van der Waals surface area contributed by atoms with Gasteiger partial charge in [0.1, 0.15) is 5.75 Å². The van der Waals surface area contributed by atoms with Crippen LogP contribution in [-0.4, -0.2) is 30.9 Å². The number of halogens is 1. The van der Waals surface area contributed by atoms with Crippen molar-refractivity contribution in [1.82, 2.24) is 5.32 Å². The fourth-order valence-corrected chi connectivity index (χ4v) is 2.02. The predicted octanol–water partition coefficient (Wildman–Crippen LogP) is 2.13. The van der Waals surface area contributed by atoms with Crippen molar-refractivity contribution in [3.05, 3.63) is 29.8 Å². The highest BCUT2D eigenvalue weighted by Gasteiger charge is 2.12. The van der Waals surface area contributed by atoms with Crippen molar-refractivity contribution in [2.75, 3.05) is 19.7 Å². The van der Waals surface area contributed by atoms with Gasteiger partial charge in [-0.3, -0.25) is 0 Å². The van der Waals surface area contributed by atoms with E-state index in [1.807, 2.05) is 18.2 Å². The standard InChI is InChI=1S/C13H19NO2.ClH/c15-13-4-2-1-3-11(13)7-10-16-12-5-8-14-9-6-12;/h1-4,12,14-15H,5-10H2;1H. The first kappa shape index (κ1) is 14.3. The second-order valence-corrected chi connectivity index (χ2v) is 4.20. The van der Waals surface area contributed by atoms with Gasteiger partial charge in [-0.25, -0.2) is 0 Å². The third-order valence-electron chi connectivity index (χ3n) is 3.00. The van der Waals surface area contributed by atoms with Crippen LogP contribution in [0.15, 0.2) is 24.3 Å². The molecular formula is C13H20ClNO2. The van der Waals surface area contributed by atoms with E-state index in [1.54, 1.807) is 6.07 Å². The minimum Gasteiger partial charge on any atom is -0.508 e. The van der Waals surface area contributed by atoms with Gasteiger partial charge in [-0.15, -0.1) is 12.4 Å². The Balaban J connectivity index is 0.00000144. The molecule has 1 aliphatic heterocycles. The maximum atomic E-state index is 9.58. The molecule has 1 fully saturated rings. The first-order chi connectivity index (χ1) is 7.86. The van der Waals surface area contributed by atoms with Crippen LogP contribution in [0.25, 0.3) is 0 Å². The van der Waals surface area contributed by atoms with E-state index in [0.717, 1.165) is 37.9 Å². The Hall–Kier alpha value is -0.770. The largest absolute Gasteiger partial charge is 0.508 e. The van der Waals surface area contributed by atoms with Crippen molar-refractivity contribution in [3.63, 3.8) is 0 Å². The summed E-state index contributed by atoms with van der Waals surface area (Å²) < 4.78 is 5.79. The van der Waals surface area contributed by atoms with Gasteiger partial charge in [-0.05, 0) is 44.0 Å². The molecule has 0 aromatic heterocycles. The van der Waals surface area contributed by atoms with E-state index in [1.165, 1.54) is 0 Å². The highest BCUT2D eigenvalue weighted by Crippen LogP contribution is 2.16. The monoisotopic (exact) mass is 257 g/mol. The molecule has 2 rings (SSSR count). The number of nitrogens with one attached hydrogen (secondary N) is 1. The minimum atomic E-state index is 0. The number of hydrogen-bond donors (Lipinski definition) is 2. The summed E-state index contributed by atoms with van der Waals surface area (Å²) in [6.45, 7) is 2.81. The van der Waals surface area contributed by atoms with E-state index in [2.05, 4.69) is 5.32 Å². The topological polar surface area (TPSA) is 41.5 Å². The summed E-state index contributed by atoms with van der Waals surface area (Å²) in [5.74, 6) is 0.372. The molecule has 0 unspecified atom stereocenters. The molecule has 0 radical (unpaired) electrons. The lowest BCUT2D eigenvalue weighted by Gasteiger charge is -2.22. The van der Waals surface area contributed by atoms with Gasteiger partial charge in [0.2, 0.25) is 0 Å². The van der Waals surface area contributed by atoms with Crippen molar-refractivity contribution in [2.24, 2.45) is 0 Å². The van der Waals surface area contributed by atoms with Gasteiger partial charge in [0.15, 0.2) is 0 Å². The highest BCUT2D eigenvalue weighted by molar-refractivity contribution is 5.85. The maximum absolute atomic E-state index is 9.58. The number of phenolic OH excluding ortho intramolecular Hbond substituents is 1. The fourth-order valence-electron chi connectivity index (χ4n) is 2.02. The molecule has 2 N–H and O–H groups in total. The number of piperidine rings is 1. The SMILES string of the molecule is Cl.Oc1ccccc1CCOC1CCNCC1. The second kappa shape index (κ2) is 7.54. The molecule has 1 saturated heterocycles. The van der Waals surface area contributed by atoms with Crippen molar-refractivity contribution in [2.45, 2.75) is 25.4 Å². The lowest BCUT2D eigenvalue weighted by molar-refractivity contribution is 0.0347. The molecule has 1 aromatic rings. The van der Waals surface area contributed by atoms with Gasteiger partial charge >= 0.3 is 0 Å². The van der Waals surface area contributed by atoms with E-state index in [0.29, 0.717) is 18.5 Å². The van der Waals surface area contributed by atoms with Gasteiger partial charge < -0.3 is 15.2 Å². The molecule has 0 amide bonds. The molecule has 1 heterocycles. The van der Waals surface area contributed by atoms with Crippen LogP contribution in [0.2, 0.25) is 0 Å². The van der Waals surface area contributed by atoms with Gasteiger partial charge in [0.25, 0.3) is 0 Å². The first-order valence-corrected chi connectivity index (χ1v) is 5.95. The van der Waals surface area contributed by atoms with Crippen LogP contribution < -0.4 is 5.32 Å². The normalized spacial score (nSPS) is 16.5. The molecule has 1 aromatic carbocycles. The van der Waals surface area contributed by atoms with Crippen molar-refractivity contribution < 1.29 is 9.84 Å². The van der Waals surface area contributed by atoms with Gasteiger partial charge in [0.05, 0.1) is 12.7 Å². The summed E-state index contributed by atoms with van der Waals surface area (Å²) in [6, 6.07) is 7.45. The molecule has 17 heavy (non-hydrogen) atoms. The number of aromatic hydroxyl groups is 1. The van der Waals surface area contributed by atoms with Crippen molar-refractivity contribution in [1.29, 1.82) is 0 Å². The van der Waals surface area contributed by atoms with Crippen LogP contribution in [0.5, 0.6) is 5.75 Å². The maximum Gasteiger partial charge on any atom is 0.118 e. The molecule has 0 atom stereocenters. The molecule has 0 aliphatic carbocycles. The molecule has 0 saturated carbocycles. The number of hydrogen-bond acceptors (Lipinski definition) is 3. The summed E-state index contributed by atoms with van der Waals surface area (Å²) in [5, 5.41) is 12.9. The molecule has 0 bridgehead atoms. The van der Waals surface area contributed by atoms with Crippen LogP contribution in [0.4, 0.5) is 0 Å². The lowest BCUT2D eigenvalue weighted by atomic mass is 10.1. The zero-order valence-corrected chi connectivity index (χ0v) is 10.7. The van der Waals surface area contributed by atoms with Gasteiger partial charge in [0, 0.05) is 0 Å². The van der Waals surface area contributed by atoms with Crippen molar-refractivity contribution >= 4 is 12.4 Å². The Bertz CT molecular complexity index is 327.